The Morgan fingerprint density at radius 2 is 1.88 bits per heavy atom. The first-order valence-electron chi connectivity index (χ1n) is 8.51. The molecule has 0 radical (unpaired) electrons. The number of fused-ring (bicyclic) bond motifs is 1. The van der Waals surface area contributed by atoms with Crippen LogP contribution in [0.15, 0.2) is 54.7 Å². The number of nitrogens with two attached hydrogens (primary N) is 1. The molecule has 0 spiro atoms. The fourth-order valence-electron chi connectivity index (χ4n) is 2.53. The third-order valence-electron chi connectivity index (χ3n) is 4.04. The molecule has 3 N–H and O–H groups in total. The first kappa shape index (κ1) is 17.7. The zero-order chi connectivity index (χ0) is 18.7. The van der Waals surface area contributed by atoms with Gasteiger partial charge in [-0.05, 0) is 17.7 Å². The zero-order valence-corrected chi connectivity index (χ0v) is 15.2. The molecule has 134 valence electrons. The molecule has 3 rings (SSSR count). The summed E-state index contributed by atoms with van der Waals surface area (Å²) in [4.78, 5) is 16.8. The SMILES string of the molecule is CC(C)(C)C(=O)Nc1c(N)cc(OCc2ccccc2)c2ncccc12. The van der Waals surface area contributed by atoms with E-state index in [2.05, 4.69) is 10.3 Å². The van der Waals surface area contributed by atoms with Crippen LogP contribution in [0.2, 0.25) is 0 Å². The Morgan fingerprint density at radius 1 is 1.15 bits per heavy atom. The lowest BCUT2D eigenvalue weighted by Gasteiger charge is -2.20. The molecule has 1 amide bonds. The number of nitrogen functional groups attached to an aromatic ring is 1. The Hall–Kier alpha value is -3.08. The maximum atomic E-state index is 12.4. The number of aromatic nitrogens is 1. The molecule has 1 aromatic heterocycles. The maximum absolute atomic E-state index is 12.4. The van der Waals surface area contributed by atoms with Gasteiger partial charge in [0.1, 0.15) is 17.9 Å². The maximum Gasteiger partial charge on any atom is 0.229 e. The molecular formula is C21H23N3O2. The van der Waals surface area contributed by atoms with Gasteiger partial charge in [-0.15, -0.1) is 0 Å². The van der Waals surface area contributed by atoms with Gasteiger partial charge in [-0.2, -0.15) is 0 Å². The van der Waals surface area contributed by atoms with Gasteiger partial charge in [0.05, 0.1) is 11.4 Å². The van der Waals surface area contributed by atoms with Crippen LogP contribution in [0.5, 0.6) is 5.75 Å². The van der Waals surface area contributed by atoms with Gasteiger partial charge >= 0.3 is 0 Å². The Morgan fingerprint density at radius 3 is 2.58 bits per heavy atom. The lowest BCUT2D eigenvalue weighted by molar-refractivity contribution is -0.123. The number of carbonyl (C=O) groups excluding carboxylic acids is 1. The van der Waals surface area contributed by atoms with Crippen molar-refractivity contribution in [1.29, 1.82) is 0 Å². The van der Waals surface area contributed by atoms with Crippen molar-refractivity contribution in [2.24, 2.45) is 5.41 Å². The van der Waals surface area contributed by atoms with Gasteiger partial charge in [0.25, 0.3) is 0 Å². The van der Waals surface area contributed by atoms with Crippen LogP contribution in [-0.4, -0.2) is 10.9 Å². The van der Waals surface area contributed by atoms with E-state index in [0.29, 0.717) is 29.2 Å². The number of rotatable bonds is 4. The first-order valence-corrected chi connectivity index (χ1v) is 8.51. The van der Waals surface area contributed by atoms with Crippen LogP contribution in [-0.2, 0) is 11.4 Å². The molecule has 0 saturated carbocycles. The van der Waals surface area contributed by atoms with Crippen molar-refractivity contribution in [1.82, 2.24) is 4.98 Å². The summed E-state index contributed by atoms with van der Waals surface area (Å²) in [5.41, 5.74) is 8.44. The highest BCUT2D eigenvalue weighted by atomic mass is 16.5. The van der Waals surface area contributed by atoms with Gasteiger partial charge < -0.3 is 15.8 Å². The number of amides is 1. The minimum absolute atomic E-state index is 0.104. The Bertz CT molecular complexity index is 931. The van der Waals surface area contributed by atoms with Crippen molar-refractivity contribution >= 4 is 28.2 Å². The molecule has 26 heavy (non-hydrogen) atoms. The van der Waals surface area contributed by atoms with Gasteiger partial charge in [-0.1, -0.05) is 51.1 Å². The van der Waals surface area contributed by atoms with Crippen LogP contribution >= 0.6 is 0 Å². The highest BCUT2D eigenvalue weighted by Gasteiger charge is 2.23. The minimum Gasteiger partial charge on any atom is -0.487 e. The van der Waals surface area contributed by atoms with E-state index >= 15 is 0 Å². The van der Waals surface area contributed by atoms with E-state index in [1.807, 2.05) is 63.2 Å². The van der Waals surface area contributed by atoms with E-state index in [1.165, 1.54) is 0 Å². The molecule has 0 bridgehead atoms. The molecule has 0 unspecified atom stereocenters. The lowest BCUT2D eigenvalue weighted by Crippen LogP contribution is -2.28. The van der Waals surface area contributed by atoms with Crippen molar-refractivity contribution in [2.75, 3.05) is 11.1 Å². The highest BCUT2D eigenvalue weighted by molar-refractivity contribution is 6.08. The second-order valence-corrected chi connectivity index (χ2v) is 7.22. The normalized spacial score (nSPS) is 11.3. The summed E-state index contributed by atoms with van der Waals surface area (Å²) in [7, 11) is 0. The summed E-state index contributed by atoms with van der Waals surface area (Å²) in [6.45, 7) is 5.99. The van der Waals surface area contributed by atoms with E-state index in [0.717, 1.165) is 10.9 Å². The summed E-state index contributed by atoms with van der Waals surface area (Å²) in [5, 5.41) is 3.69. The average molecular weight is 349 g/mol. The molecule has 0 atom stereocenters. The summed E-state index contributed by atoms with van der Waals surface area (Å²) >= 11 is 0. The van der Waals surface area contributed by atoms with Gasteiger partial charge in [-0.3, -0.25) is 9.78 Å². The predicted molar refractivity (Wildman–Crippen MR) is 105 cm³/mol. The van der Waals surface area contributed by atoms with Gasteiger partial charge in [0, 0.05) is 23.1 Å². The molecule has 0 aliphatic carbocycles. The number of pyridine rings is 1. The van der Waals surface area contributed by atoms with E-state index < -0.39 is 5.41 Å². The summed E-state index contributed by atoms with van der Waals surface area (Å²) in [6, 6.07) is 15.3. The molecule has 1 heterocycles. The first-order chi connectivity index (χ1) is 12.4. The molecule has 3 aromatic rings. The monoisotopic (exact) mass is 349 g/mol. The van der Waals surface area contributed by atoms with E-state index in [-0.39, 0.29) is 5.91 Å². The number of carbonyl (C=O) groups is 1. The summed E-state index contributed by atoms with van der Waals surface area (Å²) < 4.78 is 5.96. The molecule has 2 aromatic carbocycles. The van der Waals surface area contributed by atoms with E-state index in [4.69, 9.17) is 10.5 Å². The summed E-state index contributed by atoms with van der Waals surface area (Å²) in [6.07, 6.45) is 1.70. The third kappa shape index (κ3) is 3.77. The molecule has 0 fully saturated rings. The van der Waals surface area contributed by atoms with Crippen LogP contribution in [0.4, 0.5) is 11.4 Å². The van der Waals surface area contributed by atoms with Gasteiger partial charge in [-0.25, -0.2) is 0 Å². The number of benzene rings is 2. The van der Waals surface area contributed by atoms with Crippen molar-refractivity contribution < 1.29 is 9.53 Å². The van der Waals surface area contributed by atoms with E-state index in [9.17, 15) is 4.79 Å². The molecular weight excluding hydrogens is 326 g/mol. The Balaban J connectivity index is 1.97. The van der Waals surface area contributed by atoms with Crippen LogP contribution < -0.4 is 15.8 Å². The van der Waals surface area contributed by atoms with Crippen LogP contribution in [0, 0.1) is 5.41 Å². The standard InChI is InChI=1S/C21H23N3O2/c1-21(2,3)20(25)24-18-15-10-7-11-23-19(15)17(12-16(18)22)26-13-14-8-5-4-6-9-14/h4-12H,13,22H2,1-3H3,(H,24,25). The van der Waals surface area contributed by atoms with Crippen LogP contribution in [0.3, 0.4) is 0 Å². The number of anilines is 2. The molecule has 5 nitrogen and oxygen atoms in total. The zero-order valence-electron chi connectivity index (χ0n) is 15.2. The lowest BCUT2D eigenvalue weighted by atomic mass is 9.95. The number of ether oxygens (including phenoxy) is 1. The third-order valence-corrected chi connectivity index (χ3v) is 4.04. The minimum atomic E-state index is -0.524. The molecule has 5 heteroatoms. The number of nitrogens with one attached hydrogen (secondary N) is 1. The molecule has 0 saturated heterocycles. The molecule has 0 aliphatic heterocycles. The topological polar surface area (TPSA) is 77.2 Å². The number of nitrogens with zero attached hydrogens (tertiary/aromatic N) is 1. The van der Waals surface area contributed by atoms with Crippen LogP contribution in [0.1, 0.15) is 26.3 Å². The van der Waals surface area contributed by atoms with Gasteiger partial charge in [0.2, 0.25) is 5.91 Å². The van der Waals surface area contributed by atoms with Crippen LogP contribution in [0.25, 0.3) is 10.9 Å². The van der Waals surface area contributed by atoms with E-state index in [1.54, 1.807) is 12.3 Å². The predicted octanol–water partition coefficient (Wildman–Crippen LogP) is 4.38. The van der Waals surface area contributed by atoms with Crippen molar-refractivity contribution in [3.63, 3.8) is 0 Å². The second-order valence-electron chi connectivity index (χ2n) is 7.22. The Labute approximate surface area is 153 Å². The number of hydrogen-bond donors (Lipinski definition) is 2. The van der Waals surface area contributed by atoms with Crippen molar-refractivity contribution in [2.45, 2.75) is 27.4 Å². The second kappa shape index (κ2) is 7.04. The van der Waals surface area contributed by atoms with Crippen molar-refractivity contribution in [3.05, 3.63) is 60.3 Å². The quantitative estimate of drug-likeness (QED) is 0.685. The average Bonchev–Trinajstić information content (AvgIpc) is 2.62. The van der Waals surface area contributed by atoms with Crippen molar-refractivity contribution in [3.8, 4) is 5.75 Å². The van der Waals surface area contributed by atoms with Gasteiger partial charge in [0.15, 0.2) is 0 Å². The smallest absolute Gasteiger partial charge is 0.229 e. The Kier molecular flexibility index (Phi) is 4.80. The fourth-order valence-corrected chi connectivity index (χ4v) is 2.53. The number of hydrogen-bond acceptors (Lipinski definition) is 4. The molecule has 0 aliphatic rings. The highest BCUT2D eigenvalue weighted by Crippen LogP contribution is 2.36. The largest absolute Gasteiger partial charge is 0.487 e. The fraction of sp³-hybridized carbons (Fsp3) is 0.238. The summed E-state index contributed by atoms with van der Waals surface area (Å²) in [5.74, 6) is 0.489.